The van der Waals surface area contributed by atoms with Gasteiger partial charge in [-0.05, 0) is 25.5 Å². The van der Waals surface area contributed by atoms with Crippen LogP contribution in [0.1, 0.15) is 30.6 Å². The van der Waals surface area contributed by atoms with Crippen LogP contribution in [0, 0.1) is 10.1 Å². The first-order valence-electron chi connectivity index (χ1n) is 6.69. The van der Waals surface area contributed by atoms with Crippen molar-refractivity contribution in [3.63, 3.8) is 0 Å². The number of rotatable bonds is 8. The van der Waals surface area contributed by atoms with Crippen LogP contribution in [0.25, 0.3) is 0 Å². The van der Waals surface area contributed by atoms with Gasteiger partial charge >= 0.3 is 5.97 Å². The van der Waals surface area contributed by atoms with Gasteiger partial charge in [0.05, 0.1) is 11.5 Å². The molecule has 1 rings (SSSR count). The predicted molar refractivity (Wildman–Crippen MR) is 79.0 cm³/mol. The van der Waals surface area contributed by atoms with E-state index < -0.39 is 16.6 Å². The molecule has 0 aliphatic rings. The lowest BCUT2D eigenvalue weighted by atomic mass is 10.1. The largest absolute Gasteiger partial charge is 0.477 e. The maximum Gasteiger partial charge on any atom is 0.342 e. The van der Waals surface area contributed by atoms with Crippen LogP contribution in [-0.2, 0) is 4.74 Å². The summed E-state index contributed by atoms with van der Waals surface area (Å²) in [4.78, 5) is 23.4. The molecule has 0 saturated carbocycles. The van der Waals surface area contributed by atoms with E-state index in [0.717, 1.165) is 6.42 Å². The first-order chi connectivity index (χ1) is 9.92. The first kappa shape index (κ1) is 16.9. The Morgan fingerprint density at radius 3 is 2.67 bits per heavy atom. The SMILES string of the molecule is CCC(C)N(CCOC)c1ccc([N+](=O)[O-])c(C(=O)O)c1. The molecule has 1 aromatic carbocycles. The fourth-order valence-electron chi connectivity index (χ4n) is 2.05. The summed E-state index contributed by atoms with van der Waals surface area (Å²) in [5, 5.41) is 20.0. The molecule has 1 N–H and O–H groups in total. The van der Waals surface area contributed by atoms with E-state index >= 15 is 0 Å². The quantitative estimate of drug-likeness (QED) is 0.585. The Kier molecular flexibility index (Phi) is 6.10. The molecule has 0 aliphatic carbocycles. The zero-order valence-electron chi connectivity index (χ0n) is 12.4. The van der Waals surface area contributed by atoms with Crippen molar-refractivity contribution in [1.29, 1.82) is 0 Å². The molecule has 1 aromatic rings. The van der Waals surface area contributed by atoms with Gasteiger partial charge in [-0.3, -0.25) is 10.1 Å². The summed E-state index contributed by atoms with van der Waals surface area (Å²) < 4.78 is 5.06. The Bertz CT molecular complexity index is 518. The highest BCUT2D eigenvalue weighted by Gasteiger charge is 2.22. The van der Waals surface area contributed by atoms with Crippen molar-refractivity contribution < 1.29 is 19.6 Å². The third-order valence-corrected chi connectivity index (χ3v) is 3.40. The Labute approximate surface area is 123 Å². The number of aromatic carboxylic acids is 1. The summed E-state index contributed by atoms with van der Waals surface area (Å²) in [6, 6.07) is 4.33. The monoisotopic (exact) mass is 296 g/mol. The lowest BCUT2D eigenvalue weighted by Gasteiger charge is -2.30. The molecule has 0 radical (unpaired) electrons. The van der Waals surface area contributed by atoms with Gasteiger partial charge in [-0.25, -0.2) is 4.79 Å². The molecule has 7 nitrogen and oxygen atoms in total. The molecule has 0 fully saturated rings. The maximum atomic E-state index is 11.2. The predicted octanol–water partition coefficient (Wildman–Crippen LogP) is 2.54. The maximum absolute atomic E-state index is 11.2. The summed E-state index contributed by atoms with van der Waals surface area (Å²) in [7, 11) is 1.59. The minimum atomic E-state index is -1.31. The van der Waals surface area contributed by atoms with Gasteiger partial charge in [0.15, 0.2) is 0 Å². The van der Waals surface area contributed by atoms with E-state index in [2.05, 4.69) is 0 Å². The summed E-state index contributed by atoms with van der Waals surface area (Å²) in [5.41, 5.74) is -0.0605. The molecule has 21 heavy (non-hydrogen) atoms. The van der Waals surface area contributed by atoms with Gasteiger partial charge in [0.25, 0.3) is 5.69 Å². The van der Waals surface area contributed by atoms with E-state index in [1.54, 1.807) is 13.2 Å². The number of anilines is 1. The topological polar surface area (TPSA) is 92.9 Å². The molecule has 1 unspecified atom stereocenters. The normalized spacial score (nSPS) is 12.0. The summed E-state index contributed by atoms with van der Waals surface area (Å²) in [6.07, 6.45) is 0.864. The highest BCUT2D eigenvalue weighted by Crippen LogP contribution is 2.26. The fourth-order valence-corrected chi connectivity index (χ4v) is 2.05. The third-order valence-electron chi connectivity index (χ3n) is 3.40. The Morgan fingerprint density at radius 2 is 2.19 bits per heavy atom. The number of nitro groups is 1. The van der Waals surface area contributed by atoms with Gasteiger partial charge in [0.1, 0.15) is 5.56 Å². The Balaban J connectivity index is 3.23. The van der Waals surface area contributed by atoms with Gasteiger partial charge < -0.3 is 14.7 Å². The molecular weight excluding hydrogens is 276 g/mol. The van der Waals surface area contributed by atoms with Crippen molar-refractivity contribution in [3.8, 4) is 0 Å². The van der Waals surface area contributed by atoms with Gasteiger partial charge in [-0.2, -0.15) is 0 Å². The van der Waals surface area contributed by atoms with E-state index in [-0.39, 0.29) is 11.6 Å². The zero-order chi connectivity index (χ0) is 16.0. The smallest absolute Gasteiger partial charge is 0.342 e. The number of methoxy groups -OCH3 is 1. The minimum absolute atomic E-state index is 0.170. The molecule has 7 heteroatoms. The van der Waals surface area contributed by atoms with Crippen molar-refractivity contribution in [1.82, 2.24) is 0 Å². The van der Waals surface area contributed by atoms with E-state index in [0.29, 0.717) is 18.8 Å². The second-order valence-electron chi connectivity index (χ2n) is 4.71. The van der Waals surface area contributed by atoms with E-state index in [9.17, 15) is 14.9 Å². The molecule has 0 amide bonds. The van der Waals surface area contributed by atoms with Gasteiger partial charge in [-0.15, -0.1) is 0 Å². The molecule has 0 saturated heterocycles. The number of ether oxygens (including phenoxy) is 1. The molecule has 0 bridgehead atoms. The van der Waals surface area contributed by atoms with Crippen LogP contribution in [0.3, 0.4) is 0 Å². The van der Waals surface area contributed by atoms with Crippen molar-refractivity contribution in [3.05, 3.63) is 33.9 Å². The highest BCUT2D eigenvalue weighted by atomic mass is 16.6. The number of hydrogen-bond donors (Lipinski definition) is 1. The van der Waals surface area contributed by atoms with Crippen LogP contribution in [-0.4, -0.2) is 42.3 Å². The number of carbonyl (C=O) groups is 1. The average Bonchev–Trinajstić information content (AvgIpc) is 2.46. The summed E-state index contributed by atoms with van der Waals surface area (Å²) >= 11 is 0. The minimum Gasteiger partial charge on any atom is -0.477 e. The summed E-state index contributed by atoms with van der Waals surface area (Å²) in [5.74, 6) is -1.31. The average molecular weight is 296 g/mol. The molecule has 1 atom stereocenters. The van der Waals surface area contributed by atoms with E-state index in [1.165, 1.54) is 12.1 Å². The molecule has 0 spiro atoms. The van der Waals surface area contributed by atoms with E-state index in [1.807, 2.05) is 18.7 Å². The fraction of sp³-hybridized carbons (Fsp3) is 0.500. The van der Waals surface area contributed by atoms with Gasteiger partial charge in [-0.1, -0.05) is 6.92 Å². The second-order valence-corrected chi connectivity index (χ2v) is 4.71. The second kappa shape index (κ2) is 7.58. The lowest BCUT2D eigenvalue weighted by molar-refractivity contribution is -0.385. The number of nitrogens with zero attached hydrogens (tertiary/aromatic N) is 2. The third kappa shape index (κ3) is 4.16. The van der Waals surface area contributed by atoms with Crippen LogP contribution in [0.2, 0.25) is 0 Å². The van der Waals surface area contributed by atoms with Gasteiger partial charge in [0.2, 0.25) is 0 Å². The van der Waals surface area contributed by atoms with Crippen molar-refractivity contribution >= 4 is 17.3 Å². The standard InChI is InChI=1S/C14H20N2O5/c1-4-10(2)15(7-8-21-3)11-5-6-13(16(19)20)12(9-11)14(17)18/h5-6,9-10H,4,7-8H2,1-3H3,(H,17,18). The van der Waals surface area contributed by atoms with Gasteiger partial charge in [0, 0.05) is 31.5 Å². The molecular formula is C14H20N2O5. The van der Waals surface area contributed by atoms with Crippen LogP contribution < -0.4 is 4.90 Å². The van der Waals surface area contributed by atoms with Crippen molar-refractivity contribution in [2.24, 2.45) is 0 Å². The number of nitro benzene ring substituents is 1. The summed E-state index contributed by atoms with van der Waals surface area (Å²) in [6.45, 7) is 5.11. The number of carboxylic acid groups (broad SMARTS) is 1. The molecule has 0 aliphatic heterocycles. The van der Waals surface area contributed by atoms with Crippen LogP contribution >= 0.6 is 0 Å². The van der Waals surface area contributed by atoms with Crippen LogP contribution in [0.15, 0.2) is 18.2 Å². The zero-order valence-corrected chi connectivity index (χ0v) is 12.4. The van der Waals surface area contributed by atoms with Crippen molar-refractivity contribution in [2.75, 3.05) is 25.2 Å². The molecule has 116 valence electrons. The van der Waals surface area contributed by atoms with E-state index in [4.69, 9.17) is 9.84 Å². The Morgan fingerprint density at radius 1 is 1.52 bits per heavy atom. The molecule has 0 heterocycles. The number of hydrogen-bond acceptors (Lipinski definition) is 5. The first-order valence-corrected chi connectivity index (χ1v) is 6.69. The molecule has 0 aromatic heterocycles. The van der Waals surface area contributed by atoms with Crippen LogP contribution in [0.5, 0.6) is 0 Å². The number of carboxylic acids is 1. The lowest BCUT2D eigenvalue weighted by Crippen LogP contribution is -2.35. The van der Waals surface area contributed by atoms with Crippen molar-refractivity contribution in [2.45, 2.75) is 26.3 Å². The Hall–Kier alpha value is -2.15. The number of benzene rings is 1. The van der Waals surface area contributed by atoms with Crippen LogP contribution in [0.4, 0.5) is 11.4 Å². The highest BCUT2D eigenvalue weighted by molar-refractivity contribution is 5.93.